The molecule has 1 atom stereocenters. The maximum atomic E-state index is 12.2. The van der Waals surface area contributed by atoms with E-state index in [0.717, 1.165) is 19.4 Å². The van der Waals surface area contributed by atoms with Crippen molar-refractivity contribution in [2.45, 2.75) is 51.2 Å². The largest absolute Gasteiger partial charge is 0.371 e. The fourth-order valence-corrected chi connectivity index (χ4v) is 2.85. The first-order chi connectivity index (χ1) is 8.04. The third kappa shape index (κ3) is 3.16. The highest BCUT2D eigenvalue weighted by molar-refractivity contribution is 5.85. The molecule has 1 saturated heterocycles. The van der Waals surface area contributed by atoms with Gasteiger partial charge in [-0.2, -0.15) is 0 Å². The number of halogens is 1. The van der Waals surface area contributed by atoms with Gasteiger partial charge in [0, 0.05) is 13.1 Å². The van der Waals surface area contributed by atoms with Crippen molar-refractivity contribution in [3.05, 3.63) is 0 Å². The van der Waals surface area contributed by atoms with E-state index in [0.29, 0.717) is 13.2 Å². The van der Waals surface area contributed by atoms with Crippen LogP contribution in [0.1, 0.15) is 39.5 Å². The summed E-state index contributed by atoms with van der Waals surface area (Å²) in [4.78, 5) is 14.1. The maximum Gasteiger partial charge on any atom is 0.239 e. The number of nitrogens with zero attached hydrogens (tertiary/aromatic N) is 1. The van der Waals surface area contributed by atoms with E-state index < -0.39 is 0 Å². The predicted octanol–water partition coefficient (Wildman–Crippen LogP) is 1.56. The topological polar surface area (TPSA) is 55.6 Å². The lowest BCUT2D eigenvalue weighted by molar-refractivity contribution is -0.151. The fourth-order valence-electron chi connectivity index (χ4n) is 2.85. The van der Waals surface area contributed by atoms with Crippen LogP contribution >= 0.6 is 12.4 Å². The molecule has 0 aromatic heterocycles. The van der Waals surface area contributed by atoms with E-state index in [1.54, 1.807) is 0 Å². The van der Waals surface area contributed by atoms with E-state index in [-0.39, 0.29) is 35.9 Å². The van der Waals surface area contributed by atoms with Crippen LogP contribution in [-0.4, -0.2) is 42.1 Å². The van der Waals surface area contributed by atoms with Gasteiger partial charge in [0.2, 0.25) is 5.91 Å². The van der Waals surface area contributed by atoms with Crippen molar-refractivity contribution >= 4 is 18.3 Å². The van der Waals surface area contributed by atoms with Crippen molar-refractivity contribution in [3.8, 4) is 0 Å². The Hall–Kier alpha value is -0.320. The first-order valence-electron chi connectivity index (χ1n) is 6.72. The third-order valence-electron chi connectivity index (χ3n) is 4.08. The molecule has 18 heavy (non-hydrogen) atoms. The first-order valence-corrected chi connectivity index (χ1v) is 6.72. The highest BCUT2D eigenvalue weighted by Gasteiger charge is 2.41. The molecule has 0 radical (unpaired) electrons. The second-order valence-corrected chi connectivity index (χ2v) is 5.77. The van der Waals surface area contributed by atoms with Crippen molar-refractivity contribution in [1.29, 1.82) is 0 Å². The van der Waals surface area contributed by atoms with Crippen LogP contribution in [-0.2, 0) is 9.53 Å². The molecule has 106 valence electrons. The Bertz CT molecular complexity index is 291. The van der Waals surface area contributed by atoms with Crippen LogP contribution in [0.5, 0.6) is 0 Å². The van der Waals surface area contributed by atoms with Crippen LogP contribution in [0.3, 0.4) is 0 Å². The fraction of sp³-hybridized carbons (Fsp3) is 0.923. The SMILES string of the molecule is CC(C)[C@H](N)C(=O)N1CCOC2(CCCC2)C1.Cl. The number of rotatable bonds is 2. The Morgan fingerprint density at radius 2 is 1.94 bits per heavy atom. The van der Waals surface area contributed by atoms with Gasteiger partial charge in [0.05, 0.1) is 18.2 Å². The number of carbonyl (C=O) groups is 1. The average Bonchev–Trinajstić information content (AvgIpc) is 2.75. The van der Waals surface area contributed by atoms with Gasteiger partial charge in [0.25, 0.3) is 0 Å². The zero-order valence-corrected chi connectivity index (χ0v) is 12.2. The highest BCUT2D eigenvalue weighted by Crippen LogP contribution is 2.35. The first kappa shape index (κ1) is 15.7. The van der Waals surface area contributed by atoms with Gasteiger partial charge in [-0.25, -0.2) is 0 Å². The van der Waals surface area contributed by atoms with E-state index >= 15 is 0 Å². The zero-order chi connectivity index (χ0) is 12.5. The van der Waals surface area contributed by atoms with Gasteiger partial charge in [-0.1, -0.05) is 26.7 Å². The molecule has 2 rings (SSSR count). The molecule has 0 aromatic carbocycles. The molecule has 0 unspecified atom stereocenters. The predicted molar refractivity (Wildman–Crippen MR) is 73.8 cm³/mol. The molecule has 0 bridgehead atoms. The Labute approximate surface area is 116 Å². The Balaban J connectivity index is 0.00000162. The van der Waals surface area contributed by atoms with E-state index in [9.17, 15) is 4.79 Å². The molecule has 1 amide bonds. The minimum Gasteiger partial charge on any atom is -0.371 e. The molecule has 1 spiro atoms. The van der Waals surface area contributed by atoms with Crippen molar-refractivity contribution < 1.29 is 9.53 Å². The third-order valence-corrected chi connectivity index (χ3v) is 4.08. The lowest BCUT2D eigenvalue weighted by Crippen LogP contribution is -2.56. The molecular weight excluding hydrogens is 252 g/mol. The van der Waals surface area contributed by atoms with Gasteiger partial charge in [-0.3, -0.25) is 4.79 Å². The summed E-state index contributed by atoms with van der Waals surface area (Å²) >= 11 is 0. The number of ether oxygens (including phenoxy) is 1. The van der Waals surface area contributed by atoms with Crippen LogP contribution in [0.15, 0.2) is 0 Å². The number of hydrogen-bond acceptors (Lipinski definition) is 3. The number of carbonyl (C=O) groups excluding carboxylic acids is 1. The van der Waals surface area contributed by atoms with Crippen LogP contribution in [0, 0.1) is 5.92 Å². The van der Waals surface area contributed by atoms with Crippen LogP contribution in [0.4, 0.5) is 0 Å². The zero-order valence-electron chi connectivity index (χ0n) is 11.4. The summed E-state index contributed by atoms with van der Waals surface area (Å²) in [5.74, 6) is 0.291. The Morgan fingerprint density at radius 3 is 2.50 bits per heavy atom. The monoisotopic (exact) mass is 276 g/mol. The van der Waals surface area contributed by atoms with Crippen molar-refractivity contribution in [2.75, 3.05) is 19.7 Å². The van der Waals surface area contributed by atoms with E-state index in [1.165, 1.54) is 12.8 Å². The van der Waals surface area contributed by atoms with Crippen molar-refractivity contribution in [1.82, 2.24) is 4.90 Å². The molecule has 1 aliphatic carbocycles. The molecule has 1 aliphatic heterocycles. The molecule has 0 aromatic rings. The molecule has 2 aliphatic rings. The molecule has 1 heterocycles. The van der Waals surface area contributed by atoms with Gasteiger partial charge >= 0.3 is 0 Å². The molecule has 4 nitrogen and oxygen atoms in total. The summed E-state index contributed by atoms with van der Waals surface area (Å²) in [5, 5.41) is 0. The maximum absolute atomic E-state index is 12.2. The summed E-state index contributed by atoms with van der Waals surface area (Å²) < 4.78 is 5.91. The van der Waals surface area contributed by atoms with Gasteiger partial charge in [-0.15, -0.1) is 12.4 Å². The quantitative estimate of drug-likeness (QED) is 0.833. The summed E-state index contributed by atoms with van der Waals surface area (Å²) in [7, 11) is 0. The van der Waals surface area contributed by atoms with Crippen molar-refractivity contribution in [3.63, 3.8) is 0 Å². The van der Waals surface area contributed by atoms with Crippen LogP contribution < -0.4 is 5.73 Å². The summed E-state index contributed by atoms with van der Waals surface area (Å²) in [6.45, 7) is 6.09. The lowest BCUT2D eigenvalue weighted by atomic mass is 9.97. The number of nitrogens with two attached hydrogens (primary N) is 1. The minimum atomic E-state index is -0.369. The van der Waals surface area contributed by atoms with Crippen molar-refractivity contribution in [2.24, 2.45) is 11.7 Å². The molecule has 2 fully saturated rings. The summed E-state index contributed by atoms with van der Waals surface area (Å²) in [6, 6.07) is -0.369. The number of morpholine rings is 1. The average molecular weight is 277 g/mol. The lowest BCUT2D eigenvalue weighted by Gasteiger charge is -2.41. The standard InChI is InChI=1S/C13H24N2O2.ClH/c1-10(2)11(14)12(16)15-7-8-17-13(9-15)5-3-4-6-13;/h10-11H,3-9,14H2,1-2H3;1H/t11-;/m0./s1. The smallest absolute Gasteiger partial charge is 0.239 e. The van der Waals surface area contributed by atoms with Crippen LogP contribution in [0.2, 0.25) is 0 Å². The van der Waals surface area contributed by atoms with E-state index in [4.69, 9.17) is 10.5 Å². The summed E-state index contributed by atoms with van der Waals surface area (Å²) in [6.07, 6.45) is 4.62. The van der Waals surface area contributed by atoms with Gasteiger partial charge < -0.3 is 15.4 Å². The van der Waals surface area contributed by atoms with Gasteiger partial charge in [0.15, 0.2) is 0 Å². The highest BCUT2D eigenvalue weighted by atomic mass is 35.5. The van der Waals surface area contributed by atoms with E-state index in [1.807, 2.05) is 18.7 Å². The summed E-state index contributed by atoms with van der Waals surface area (Å²) in [5.41, 5.74) is 5.89. The minimum absolute atomic E-state index is 0. The molecule has 5 heteroatoms. The Morgan fingerprint density at radius 1 is 1.33 bits per heavy atom. The number of amides is 1. The van der Waals surface area contributed by atoms with E-state index in [2.05, 4.69) is 0 Å². The second kappa shape index (κ2) is 6.22. The second-order valence-electron chi connectivity index (χ2n) is 5.77. The Kier molecular flexibility index (Phi) is 5.44. The van der Waals surface area contributed by atoms with Crippen LogP contribution in [0.25, 0.3) is 0 Å². The molecule has 2 N–H and O–H groups in total. The normalized spacial score (nSPS) is 24.1. The van der Waals surface area contributed by atoms with Gasteiger partial charge in [0.1, 0.15) is 0 Å². The molecular formula is C13H25ClN2O2. The van der Waals surface area contributed by atoms with Gasteiger partial charge in [-0.05, 0) is 18.8 Å². The molecule has 1 saturated carbocycles. The number of hydrogen-bond donors (Lipinski definition) is 1.